The number of nitrogens with one attached hydrogen (secondary N) is 1. The van der Waals surface area contributed by atoms with Crippen LogP contribution in [0, 0.1) is 0 Å². The van der Waals surface area contributed by atoms with Crippen molar-refractivity contribution in [1.82, 2.24) is 4.31 Å². The van der Waals surface area contributed by atoms with Crippen LogP contribution in [0.4, 0.5) is 5.69 Å². The second-order valence-electron chi connectivity index (χ2n) is 8.13. The number of thiophene rings is 1. The monoisotopic (exact) mass is 452 g/mol. The molecule has 164 valence electrons. The number of rotatable bonds is 6. The molecule has 0 spiro atoms. The predicted octanol–water partition coefficient (Wildman–Crippen LogP) is 3.26. The SMILES string of the molecule is COc1ccc(C(C)(C)C)cc1NC(=O)Cc1ccc(S(=O)(=O)N2CCOCC2)s1. The van der Waals surface area contributed by atoms with E-state index in [1.807, 2.05) is 18.2 Å². The van der Waals surface area contributed by atoms with Gasteiger partial charge in [-0.3, -0.25) is 4.79 Å². The molecule has 1 amide bonds. The first kappa shape index (κ1) is 22.7. The van der Waals surface area contributed by atoms with E-state index in [0.29, 0.717) is 42.6 Å². The minimum Gasteiger partial charge on any atom is -0.495 e. The molecule has 30 heavy (non-hydrogen) atoms. The number of sulfonamides is 1. The number of nitrogens with zero attached hydrogens (tertiary/aromatic N) is 1. The van der Waals surface area contributed by atoms with Gasteiger partial charge in [-0.15, -0.1) is 11.3 Å². The number of benzene rings is 1. The van der Waals surface area contributed by atoms with Crippen LogP contribution in [-0.2, 0) is 31.4 Å². The van der Waals surface area contributed by atoms with Crippen LogP contribution in [0.15, 0.2) is 34.5 Å². The third-order valence-electron chi connectivity index (χ3n) is 4.88. The molecule has 0 radical (unpaired) electrons. The molecule has 1 aliphatic heterocycles. The Morgan fingerprint density at radius 2 is 1.90 bits per heavy atom. The van der Waals surface area contributed by atoms with Crippen LogP contribution in [0.1, 0.15) is 31.2 Å². The molecule has 1 aliphatic rings. The van der Waals surface area contributed by atoms with Crippen LogP contribution in [0.25, 0.3) is 0 Å². The zero-order chi connectivity index (χ0) is 21.9. The molecular formula is C21H28N2O5S2. The summed E-state index contributed by atoms with van der Waals surface area (Å²) in [6.45, 7) is 7.79. The lowest BCUT2D eigenvalue weighted by molar-refractivity contribution is -0.115. The fourth-order valence-electron chi connectivity index (χ4n) is 3.13. The van der Waals surface area contributed by atoms with Gasteiger partial charge in [0.05, 0.1) is 32.4 Å². The lowest BCUT2D eigenvalue weighted by Crippen LogP contribution is -2.40. The van der Waals surface area contributed by atoms with Crippen LogP contribution in [0.2, 0.25) is 0 Å². The Bertz CT molecular complexity index is 1000. The minimum absolute atomic E-state index is 0.0672. The van der Waals surface area contributed by atoms with Crippen molar-refractivity contribution < 1.29 is 22.7 Å². The van der Waals surface area contributed by atoms with Crippen molar-refractivity contribution in [2.45, 2.75) is 36.8 Å². The molecule has 1 N–H and O–H groups in total. The molecule has 0 unspecified atom stereocenters. The van der Waals surface area contributed by atoms with Crippen molar-refractivity contribution in [3.05, 3.63) is 40.8 Å². The van der Waals surface area contributed by atoms with E-state index in [4.69, 9.17) is 9.47 Å². The summed E-state index contributed by atoms with van der Waals surface area (Å²) >= 11 is 1.13. The molecule has 0 atom stereocenters. The second-order valence-corrected chi connectivity index (χ2v) is 11.5. The Morgan fingerprint density at radius 1 is 1.20 bits per heavy atom. The Kier molecular flexibility index (Phi) is 6.86. The average molecular weight is 453 g/mol. The Morgan fingerprint density at radius 3 is 2.53 bits per heavy atom. The third-order valence-corrected chi connectivity index (χ3v) is 8.33. The van der Waals surface area contributed by atoms with Gasteiger partial charge in [-0.05, 0) is 35.2 Å². The van der Waals surface area contributed by atoms with E-state index in [0.717, 1.165) is 16.9 Å². The summed E-state index contributed by atoms with van der Waals surface area (Å²) in [4.78, 5) is 13.3. The zero-order valence-electron chi connectivity index (χ0n) is 17.7. The highest BCUT2D eigenvalue weighted by molar-refractivity contribution is 7.91. The van der Waals surface area contributed by atoms with Crippen LogP contribution in [0.5, 0.6) is 5.75 Å². The first-order valence-corrected chi connectivity index (χ1v) is 12.0. The molecule has 0 bridgehead atoms. The summed E-state index contributed by atoms with van der Waals surface area (Å²) in [5, 5.41) is 2.90. The summed E-state index contributed by atoms with van der Waals surface area (Å²) in [6.07, 6.45) is 0.0895. The van der Waals surface area contributed by atoms with Crippen LogP contribution in [0.3, 0.4) is 0 Å². The van der Waals surface area contributed by atoms with E-state index < -0.39 is 10.0 Å². The topological polar surface area (TPSA) is 84.9 Å². The van der Waals surface area contributed by atoms with Crippen molar-refractivity contribution in [2.24, 2.45) is 0 Å². The van der Waals surface area contributed by atoms with E-state index in [1.54, 1.807) is 19.2 Å². The van der Waals surface area contributed by atoms with Gasteiger partial charge in [0, 0.05) is 18.0 Å². The van der Waals surface area contributed by atoms with E-state index >= 15 is 0 Å². The molecule has 9 heteroatoms. The van der Waals surface area contributed by atoms with Gasteiger partial charge >= 0.3 is 0 Å². The number of carbonyl (C=O) groups excluding carboxylic acids is 1. The molecule has 1 fully saturated rings. The quantitative estimate of drug-likeness (QED) is 0.727. The summed E-state index contributed by atoms with van der Waals surface area (Å²) < 4.78 is 37.8. The summed E-state index contributed by atoms with van der Waals surface area (Å²) in [7, 11) is -1.99. The Labute approximate surface area is 182 Å². The van der Waals surface area contributed by atoms with Gasteiger partial charge in [0.2, 0.25) is 5.91 Å². The van der Waals surface area contributed by atoms with Gasteiger partial charge in [-0.1, -0.05) is 26.8 Å². The van der Waals surface area contributed by atoms with E-state index in [2.05, 4.69) is 26.1 Å². The van der Waals surface area contributed by atoms with Crippen LogP contribution in [-0.4, -0.2) is 52.0 Å². The molecular weight excluding hydrogens is 424 g/mol. The van der Waals surface area contributed by atoms with Crippen LogP contribution >= 0.6 is 11.3 Å². The van der Waals surface area contributed by atoms with E-state index in [1.165, 1.54) is 4.31 Å². The molecule has 1 saturated heterocycles. The first-order valence-electron chi connectivity index (χ1n) is 9.76. The van der Waals surface area contributed by atoms with E-state index in [9.17, 15) is 13.2 Å². The second kappa shape index (κ2) is 9.05. The van der Waals surface area contributed by atoms with Gasteiger partial charge in [-0.25, -0.2) is 8.42 Å². The molecule has 3 rings (SSSR count). The molecule has 0 aliphatic carbocycles. The lowest BCUT2D eigenvalue weighted by atomic mass is 9.87. The van der Waals surface area contributed by atoms with Crippen LogP contribution < -0.4 is 10.1 Å². The predicted molar refractivity (Wildman–Crippen MR) is 118 cm³/mol. The van der Waals surface area contributed by atoms with Gasteiger partial charge in [0.25, 0.3) is 10.0 Å². The van der Waals surface area contributed by atoms with Gasteiger partial charge < -0.3 is 14.8 Å². The maximum absolute atomic E-state index is 12.8. The maximum Gasteiger partial charge on any atom is 0.252 e. The Hall–Kier alpha value is -1.94. The number of morpholine rings is 1. The lowest BCUT2D eigenvalue weighted by Gasteiger charge is -2.25. The highest BCUT2D eigenvalue weighted by atomic mass is 32.2. The van der Waals surface area contributed by atoms with Crippen molar-refractivity contribution >= 4 is 33.0 Å². The first-order chi connectivity index (χ1) is 14.1. The number of hydrogen-bond acceptors (Lipinski definition) is 6. The fraction of sp³-hybridized carbons (Fsp3) is 0.476. The summed E-state index contributed by atoms with van der Waals surface area (Å²) in [5.74, 6) is 0.356. The highest BCUT2D eigenvalue weighted by Gasteiger charge is 2.28. The largest absolute Gasteiger partial charge is 0.495 e. The molecule has 0 saturated carbocycles. The van der Waals surface area contributed by atoms with Crippen molar-refractivity contribution in [2.75, 3.05) is 38.7 Å². The van der Waals surface area contributed by atoms with E-state index in [-0.39, 0.29) is 22.0 Å². The number of anilines is 1. The number of hydrogen-bond donors (Lipinski definition) is 1. The highest BCUT2D eigenvalue weighted by Crippen LogP contribution is 2.32. The van der Waals surface area contributed by atoms with Crippen molar-refractivity contribution in [1.29, 1.82) is 0 Å². The smallest absolute Gasteiger partial charge is 0.252 e. The number of amides is 1. The fourth-order valence-corrected chi connectivity index (χ4v) is 6.05. The molecule has 7 nitrogen and oxygen atoms in total. The zero-order valence-corrected chi connectivity index (χ0v) is 19.4. The maximum atomic E-state index is 12.8. The van der Waals surface area contributed by atoms with Gasteiger partial charge in [-0.2, -0.15) is 4.31 Å². The Balaban J connectivity index is 1.72. The molecule has 2 heterocycles. The summed E-state index contributed by atoms with van der Waals surface area (Å²) in [5.41, 5.74) is 1.61. The average Bonchev–Trinajstić information content (AvgIpc) is 3.17. The molecule has 1 aromatic carbocycles. The number of carbonyl (C=O) groups is 1. The number of methoxy groups -OCH3 is 1. The minimum atomic E-state index is -3.55. The van der Waals surface area contributed by atoms with Crippen molar-refractivity contribution in [3.63, 3.8) is 0 Å². The summed E-state index contributed by atoms with van der Waals surface area (Å²) in [6, 6.07) is 9.00. The molecule has 2 aromatic rings. The molecule has 1 aromatic heterocycles. The number of ether oxygens (including phenoxy) is 2. The normalized spacial score (nSPS) is 15.7. The standard InChI is InChI=1S/C21H28N2O5S2/c1-21(2,3)15-5-7-18(27-4)17(13-15)22-19(24)14-16-6-8-20(29-16)30(25,26)23-9-11-28-12-10-23/h5-8,13H,9-12,14H2,1-4H3,(H,22,24). The van der Waals surface area contributed by atoms with Gasteiger partial charge in [0.1, 0.15) is 9.96 Å². The van der Waals surface area contributed by atoms with Crippen molar-refractivity contribution in [3.8, 4) is 5.75 Å². The third kappa shape index (κ3) is 5.21. The van der Waals surface area contributed by atoms with Gasteiger partial charge in [0.15, 0.2) is 0 Å².